The molecular weight excluding hydrogens is 497 g/mol. The number of rotatable bonds is 7. The van der Waals surface area contributed by atoms with Crippen LogP contribution in [0.5, 0.6) is 0 Å². The first-order valence-corrected chi connectivity index (χ1v) is 11.0. The van der Waals surface area contributed by atoms with Gasteiger partial charge in [0, 0.05) is 11.4 Å². The van der Waals surface area contributed by atoms with Crippen LogP contribution in [0.3, 0.4) is 0 Å². The number of aromatic nitrogens is 1. The minimum absolute atomic E-state index is 0. The Labute approximate surface area is 182 Å². The number of hydrogen-bond acceptors (Lipinski definition) is 5. The highest BCUT2D eigenvalue weighted by molar-refractivity contribution is 14.0. The lowest BCUT2D eigenvalue weighted by Gasteiger charge is -2.12. The minimum atomic E-state index is -3.33. The van der Waals surface area contributed by atoms with Crippen molar-refractivity contribution in [2.75, 3.05) is 17.5 Å². The van der Waals surface area contributed by atoms with Crippen molar-refractivity contribution in [3.8, 4) is 0 Å². The molecule has 1 heterocycles. The molecule has 27 heavy (non-hydrogen) atoms. The number of aliphatic imine (C=N–C) groups is 1. The number of nitrogens with zero attached hydrogens (tertiary/aromatic N) is 2. The summed E-state index contributed by atoms with van der Waals surface area (Å²) in [7, 11) is -3.33. The van der Waals surface area contributed by atoms with E-state index < -0.39 is 10.0 Å². The molecule has 0 aliphatic heterocycles. The van der Waals surface area contributed by atoms with Gasteiger partial charge >= 0.3 is 0 Å². The molecule has 7 nitrogen and oxygen atoms in total. The first-order valence-electron chi connectivity index (χ1n) is 8.29. The summed E-state index contributed by atoms with van der Waals surface area (Å²) in [5, 5.41) is 7.46. The van der Waals surface area contributed by atoms with Gasteiger partial charge in [-0.05, 0) is 32.4 Å². The van der Waals surface area contributed by atoms with Gasteiger partial charge in [0.05, 0.1) is 30.7 Å². The van der Waals surface area contributed by atoms with E-state index in [0.29, 0.717) is 24.7 Å². The van der Waals surface area contributed by atoms with Crippen molar-refractivity contribution in [2.24, 2.45) is 4.99 Å². The largest absolute Gasteiger partial charge is 0.357 e. The first-order chi connectivity index (χ1) is 12.3. The molecule has 2 aromatic rings. The van der Waals surface area contributed by atoms with Crippen LogP contribution in [0.4, 0.5) is 5.69 Å². The fraction of sp³-hybridized carbons (Fsp3) is 0.412. The molecule has 10 heteroatoms. The van der Waals surface area contributed by atoms with E-state index in [1.54, 1.807) is 23.5 Å². The van der Waals surface area contributed by atoms with E-state index in [1.165, 1.54) is 4.88 Å². The molecule has 0 bridgehead atoms. The predicted octanol–water partition coefficient (Wildman–Crippen LogP) is 3.00. The van der Waals surface area contributed by atoms with Crippen LogP contribution in [0.1, 0.15) is 28.1 Å². The maximum Gasteiger partial charge on any atom is 0.229 e. The molecule has 0 aliphatic carbocycles. The third kappa shape index (κ3) is 8.01. The summed E-state index contributed by atoms with van der Waals surface area (Å²) in [5.41, 5.74) is 2.39. The number of thiazole rings is 1. The zero-order valence-electron chi connectivity index (χ0n) is 15.9. The van der Waals surface area contributed by atoms with Gasteiger partial charge in [-0.25, -0.2) is 18.4 Å². The maximum absolute atomic E-state index is 11.5. The van der Waals surface area contributed by atoms with E-state index in [0.717, 1.165) is 29.1 Å². The van der Waals surface area contributed by atoms with Gasteiger partial charge < -0.3 is 10.6 Å². The normalized spacial score (nSPS) is 11.6. The quantitative estimate of drug-likeness (QED) is 0.295. The summed E-state index contributed by atoms with van der Waals surface area (Å²) in [6, 6.07) is 7.23. The van der Waals surface area contributed by atoms with Crippen LogP contribution >= 0.6 is 35.3 Å². The second-order valence-electron chi connectivity index (χ2n) is 5.83. The Morgan fingerprint density at radius 3 is 2.52 bits per heavy atom. The van der Waals surface area contributed by atoms with E-state index in [-0.39, 0.29) is 24.0 Å². The zero-order chi connectivity index (χ0) is 19.2. The Bertz CT molecular complexity index is 862. The van der Waals surface area contributed by atoms with Gasteiger partial charge in [0.1, 0.15) is 5.01 Å². The highest BCUT2D eigenvalue weighted by atomic mass is 127. The molecule has 0 aliphatic rings. The Morgan fingerprint density at radius 1 is 1.22 bits per heavy atom. The number of aryl methyl sites for hydroxylation is 2. The van der Waals surface area contributed by atoms with Crippen LogP contribution in [0.25, 0.3) is 0 Å². The molecule has 150 valence electrons. The second kappa shape index (κ2) is 10.8. The van der Waals surface area contributed by atoms with Gasteiger partial charge in [0.2, 0.25) is 10.0 Å². The van der Waals surface area contributed by atoms with E-state index in [4.69, 9.17) is 0 Å². The van der Waals surface area contributed by atoms with Crippen molar-refractivity contribution in [2.45, 2.75) is 33.9 Å². The molecule has 0 atom stereocenters. The van der Waals surface area contributed by atoms with Crippen LogP contribution in [0, 0.1) is 13.8 Å². The minimum Gasteiger partial charge on any atom is -0.357 e. The SMILES string of the molecule is CCNC(=NCc1ccccc1NS(C)(=O)=O)NCc1nc(C)c(C)s1.I. The molecule has 0 fully saturated rings. The highest BCUT2D eigenvalue weighted by Gasteiger charge is 2.08. The summed E-state index contributed by atoms with van der Waals surface area (Å²) >= 11 is 1.66. The van der Waals surface area contributed by atoms with E-state index in [9.17, 15) is 8.42 Å². The van der Waals surface area contributed by atoms with Crippen molar-refractivity contribution in [3.05, 3.63) is 45.4 Å². The van der Waals surface area contributed by atoms with Crippen LogP contribution in [0.15, 0.2) is 29.3 Å². The van der Waals surface area contributed by atoms with Gasteiger partial charge in [-0.1, -0.05) is 18.2 Å². The van der Waals surface area contributed by atoms with Gasteiger partial charge in [-0.2, -0.15) is 0 Å². The van der Waals surface area contributed by atoms with E-state index in [1.807, 2.05) is 26.0 Å². The van der Waals surface area contributed by atoms with Crippen molar-refractivity contribution >= 4 is 57.0 Å². The lowest BCUT2D eigenvalue weighted by Crippen LogP contribution is -2.36. The van der Waals surface area contributed by atoms with E-state index in [2.05, 4.69) is 32.3 Å². The van der Waals surface area contributed by atoms with Crippen LogP contribution in [-0.4, -0.2) is 32.2 Å². The molecule has 0 saturated heterocycles. The molecule has 0 radical (unpaired) electrons. The van der Waals surface area contributed by atoms with Crippen LogP contribution in [-0.2, 0) is 23.1 Å². The molecule has 1 aromatic heterocycles. The van der Waals surface area contributed by atoms with Crippen molar-refractivity contribution < 1.29 is 8.42 Å². The number of anilines is 1. The molecule has 0 unspecified atom stereocenters. The van der Waals surface area contributed by atoms with Gasteiger partial charge in [-0.15, -0.1) is 35.3 Å². The smallest absolute Gasteiger partial charge is 0.229 e. The summed E-state index contributed by atoms with van der Waals surface area (Å²) in [6.45, 7) is 7.72. The van der Waals surface area contributed by atoms with E-state index >= 15 is 0 Å². The highest BCUT2D eigenvalue weighted by Crippen LogP contribution is 2.18. The maximum atomic E-state index is 11.5. The summed E-state index contributed by atoms with van der Waals surface area (Å²) in [4.78, 5) is 10.3. The average Bonchev–Trinajstić information content (AvgIpc) is 2.88. The van der Waals surface area contributed by atoms with Crippen LogP contribution in [0.2, 0.25) is 0 Å². The molecule has 3 N–H and O–H groups in total. The summed E-state index contributed by atoms with van der Waals surface area (Å²) in [6.07, 6.45) is 1.14. The molecule has 0 spiro atoms. The third-order valence-electron chi connectivity index (χ3n) is 3.54. The number of hydrogen-bond donors (Lipinski definition) is 3. The Kier molecular flexibility index (Phi) is 9.47. The van der Waals surface area contributed by atoms with Crippen molar-refractivity contribution in [1.29, 1.82) is 0 Å². The Morgan fingerprint density at radius 2 is 1.93 bits per heavy atom. The molecule has 0 saturated carbocycles. The number of nitrogens with one attached hydrogen (secondary N) is 3. The van der Waals surface area contributed by atoms with Crippen LogP contribution < -0.4 is 15.4 Å². The lowest BCUT2D eigenvalue weighted by atomic mass is 10.2. The number of halogens is 1. The Balaban J connectivity index is 0.00000364. The number of para-hydroxylation sites is 1. The summed E-state index contributed by atoms with van der Waals surface area (Å²) < 4.78 is 25.5. The number of guanidine groups is 1. The zero-order valence-corrected chi connectivity index (χ0v) is 19.8. The second-order valence-corrected chi connectivity index (χ2v) is 8.87. The number of sulfonamides is 1. The average molecular weight is 523 g/mol. The van der Waals surface area contributed by atoms with Gasteiger partial charge in [-0.3, -0.25) is 4.72 Å². The van der Waals surface area contributed by atoms with Crippen molar-refractivity contribution in [3.63, 3.8) is 0 Å². The van der Waals surface area contributed by atoms with Crippen molar-refractivity contribution in [1.82, 2.24) is 15.6 Å². The van der Waals surface area contributed by atoms with Gasteiger partial charge in [0.25, 0.3) is 0 Å². The first kappa shape index (κ1) is 23.6. The monoisotopic (exact) mass is 523 g/mol. The fourth-order valence-corrected chi connectivity index (χ4v) is 3.71. The molecule has 0 amide bonds. The molecular formula is C17H26IN5O2S2. The predicted molar refractivity (Wildman–Crippen MR) is 124 cm³/mol. The van der Waals surface area contributed by atoms with Gasteiger partial charge in [0.15, 0.2) is 5.96 Å². The lowest BCUT2D eigenvalue weighted by molar-refractivity contribution is 0.606. The summed E-state index contributed by atoms with van der Waals surface area (Å²) in [5.74, 6) is 0.659. The molecule has 1 aromatic carbocycles. The molecule has 2 rings (SSSR count). The Hall–Kier alpha value is -1.40. The fourth-order valence-electron chi connectivity index (χ4n) is 2.24. The number of benzene rings is 1. The third-order valence-corrected chi connectivity index (χ3v) is 5.21. The topological polar surface area (TPSA) is 95.5 Å². The standard InChI is InChI=1S/C17H25N5O2S2.HI/c1-5-18-17(20-11-16-21-12(2)13(3)25-16)19-10-14-8-6-7-9-15(14)22-26(4,23)24;/h6-9,22H,5,10-11H2,1-4H3,(H2,18,19,20);1H.